The van der Waals surface area contributed by atoms with Crippen molar-refractivity contribution in [1.82, 2.24) is 9.71 Å². The lowest BCUT2D eigenvalue weighted by Gasteiger charge is -2.08. The smallest absolute Gasteiger partial charge is 0.240 e. The number of hydrogen-bond donors (Lipinski definition) is 3. The minimum absolute atomic E-state index is 0.0362. The van der Waals surface area contributed by atoms with Crippen molar-refractivity contribution in [2.24, 2.45) is 0 Å². The maximum absolute atomic E-state index is 13.6. The number of sulfonamides is 1. The number of nitrogens with two attached hydrogens (primary N) is 1. The molecule has 0 aliphatic rings. The first-order chi connectivity index (χ1) is 14.2. The summed E-state index contributed by atoms with van der Waals surface area (Å²) in [6, 6.07) is 6.08. The second-order valence-electron chi connectivity index (χ2n) is 5.92. The van der Waals surface area contributed by atoms with Crippen molar-refractivity contribution >= 4 is 55.5 Å². The van der Waals surface area contributed by atoms with Crippen LogP contribution in [-0.4, -0.2) is 37.2 Å². The van der Waals surface area contributed by atoms with Gasteiger partial charge in [0.2, 0.25) is 15.8 Å². The number of Topliss-reactive ketones (excluding diaryl/α,β-unsaturated/α-hetero) is 1. The third kappa shape index (κ3) is 6.14. The second kappa shape index (κ2) is 10.7. The van der Waals surface area contributed by atoms with Gasteiger partial charge in [-0.2, -0.15) is 11.8 Å². The average Bonchev–Trinajstić information content (AvgIpc) is 3.09. The van der Waals surface area contributed by atoms with Crippen molar-refractivity contribution < 1.29 is 17.6 Å². The Balaban J connectivity index is 2.09. The average molecular weight is 471 g/mol. The lowest BCUT2D eigenvalue weighted by atomic mass is 10.1. The van der Waals surface area contributed by atoms with E-state index >= 15 is 0 Å². The van der Waals surface area contributed by atoms with Crippen LogP contribution >= 0.6 is 23.1 Å². The molecule has 0 amide bonds. The minimum atomic E-state index is -3.58. The fourth-order valence-corrected chi connectivity index (χ4v) is 4.85. The van der Waals surface area contributed by atoms with Gasteiger partial charge in [0.25, 0.3) is 0 Å². The van der Waals surface area contributed by atoms with Crippen LogP contribution in [0.1, 0.15) is 23.5 Å². The highest BCUT2D eigenvalue weighted by Crippen LogP contribution is 2.31. The van der Waals surface area contributed by atoms with Crippen LogP contribution in [0.15, 0.2) is 53.2 Å². The van der Waals surface area contributed by atoms with Gasteiger partial charge in [-0.15, -0.1) is 0 Å². The van der Waals surface area contributed by atoms with Gasteiger partial charge < -0.3 is 11.1 Å². The van der Waals surface area contributed by atoms with E-state index in [0.29, 0.717) is 23.1 Å². The quantitative estimate of drug-likeness (QED) is 0.196. The van der Waals surface area contributed by atoms with E-state index in [1.54, 1.807) is 23.9 Å². The molecule has 0 unspecified atom stereocenters. The van der Waals surface area contributed by atoms with Crippen molar-refractivity contribution in [2.45, 2.75) is 18.7 Å². The molecule has 0 spiro atoms. The number of ketones is 1. The molecule has 0 bridgehead atoms. The maximum atomic E-state index is 13.6. The van der Waals surface area contributed by atoms with Gasteiger partial charge in [0.1, 0.15) is 16.5 Å². The highest BCUT2D eigenvalue weighted by atomic mass is 32.2. The Hall–Kier alpha value is -2.21. The first-order valence-electron chi connectivity index (χ1n) is 8.96. The molecule has 4 N–H and O–H groups in total. The van der Waals surface area contributed by atoms with Crippen LogP contribution in [0.5, 0.6) is 0 Å². The largest absolute Gasteiger partial charge is 0.382 e. The number of nitrogens with one attached hydrogen (secondary N) is 2. The highest BCUT2D eigenvalue weighted by molar-refractivity contribution is 7.99. The van der Waals surface area contributed by atoms with E-state index in [1.165, 1.54) is 19.1 Å². The number of carbonyl (C=O) groups excluding carboxylic acids is 1. The molecule has 0 atom stereocenters. The maximum Gasteiger partial charge on any atom is 0.240 e. The normalized spacial score (nSPS) is 12.0. The predicted molar refractivity (Wildman–Crippen MR) is 123 cm³/mol. The van der Waals surface area contributed by atoms with Crippen LogP contribution in [0.25, 0.3) is 0 Å². The van der Waals surface area contributed by atoms with Crippen molar-refractivity contribution in [3.05, 3.63) is 53.2 Å². The standard InChI is InChI=1S/C19H23FN4O3S3/c1-4-15(20)12(3)16(25)17-18(21)24-19(29-17)23-13-6-8-14(9-7-13)30(26,27)22-10-11-28-5-2/h4,6-9,22H,3,5,10-11,21H2,1-2H3,(H,23,24). The second-order valence-corrected chi connectivity index (χ2v) is 10.1. The number of aromatic nitrogens is 1. The number of nitrogen functional groups attached to an aromatic ring is 1. The summed E-state index contributed by atoms with van der Waals surface area (Å²) in [5.74, 6) is 0.232. The number of allylic oxidation sites excluding steroid dienone is 3. The molecule has 0 radical (unpaired) electrons. The molecule has 1 aromatic heterocycles. The number of anilines is 3. The van der Waals surface area contributed by atoms with Crippen LogP contribution in [0, 0.1) is 0 Å². The SMILES string of the molecule is C=C(C(=O)c1sc(Nc2ccc(S(=O)(=O)NCCSCC)cc2)nc1N)C(F)=CC. The molecule has 2 rings (SSSR count). The number of nitrogens with zero attached hydrogens (tertiary/aromatic N) is 1. The molecule has 1 aromatic carbocycles. The Morgan fingerprint density at radius 3 is 2.63 bits per heavy atom. The van der Waals surface area contributed by atoms with E-state index in [0.717, 1.165) is 23.2 Å². The Morgan fingerprint density at radius 2 is 2.03 bits per heavy atom. The molecule has 0 saturated carbocycles. The van der Waals surface area contributed by atoms with Crippen molar-refractivity contribution in [2.75, 3.05) is 29.1 Å². The third-order valence-electron chi connectivity index (χ3n) is 3.83. The molecule has 0 fully saturated rings. The number of benzene rings is 1. The van der Waals surface area contributed by atoms with Gasteiger partial charge in [0.15, 0.2) is 5.13 Å². The number of hydrogen-bond acceptors (Lipinski definition) is 8. The zero-order chi connectivity index (χ0) is 22.3. The van der Waals surface area contributed by atoms with E-state index < -0.39 is 21.6 Å². The molecule has 0 aliphatic carbocycles. The summed E-state index contributed by atoms with van der Waals surface area (Å²) in [6.07, 6.45) is 1.14. The summed E-state index contributed by atoms with van der Waals surface area (Å²) in [4.78, 5) is 16.6. The van der Waals surface area contributed by atoms with Crippen molar-refractivity contribution in [1.29, 1.82) is 0 Å². The first kappa shape index (κ1) is 24.1. The molecule has 7 nitrogen and oxygen atoms in total. The topological polar surface area (TPSA) is 114 Å². The fraction of sp³-hybridized carbons (Fsp3) is 0.263. The molecular weight excluding hydrogens is 447 g/mol. The Bertz CT molecular complexity index is 1050. The summed E-state index contributed by atoms with van der Waals surface area (Å²) in [5, 5.41) is 3.27. The van der Waals surface area contributed by atoms with E-state index in [1.807, 2.05) is 6.92 Å². The molecule has 0 aliphatic heterocycles. The lowest BCUT2D eigenvalue weighted by Crippen LogP contribution is -2.26. The van der Waals surface area contributed by atoms with E-state index in [-0.39, 0.29) is 21.2 Å². The number of halogens is 1. The summed E-state index contributed by atoms with van der Waals surface area (Å²) in [7, 11) is -3.58. The van der Waals surface area contributed by atoms with Crippen LogP contribution < -0.4 is 15.8 Å². The van der Waals surface area contributed by atoms with Crippen LogP contribution in [-0.2, 0) is 10.0 Å². The van der Waals surface area contributed by atoms with Gasteiger partial charge in [-0.05, 0) is 36.9 Å². The summed E-state index contributed by atoms with van der Waals surface area (Å²) in [6.45, 7) is 7.27. The van der Waals surface area contributed by atoms with E-state index in [4.69, 9.17) is 5.73 Å². The van der Waals surface area contributed by atoms with E-state index in [2.05, 4.69) is 21.6 Å². The molecule has 2 aromatic rings. The molecule has 0 saturated heterocycles. The van der Waals surface area contributed by atoms with Crippen LogP contribution in [0.3, 0.4) is 0 Å². The molecule has 162 valence electrons. The number of carbonyl (C=O) groups is 1. The van der Waals surface area contributed by atoms with Gasteiger partial charge >= 0.3 is 0 Å². The molecule has 1 heterocycles. The Morgan fingerprint density at radius 1 is 1.37 bits per heavy atom. The molecule has 30 heavy (non-hydrogen) atoms. The van der Waals surface area contributed by atoms with Gasteiger partial charge in [-0.3, -0.25) is 4.79 Å². The van der Waals surface area contributed by atoms with Crippen LogP contribution in [0.2, 0.25) is 0 Å². The summed E-state index contributed by atoms with van der Waals surface area (Å²) < 4.78 is 40.7. The third-order valence-corrected chi connectivity index (χ3v) is 7.20. The number of thiazole rings is 1. The van der Waals surface area contributed by atoms with Crippen molar-refractivity contribution in [3.63, 3.8) is 0 Å². The zero-order valence-corrected chi connectivity index (χ0v) is 19.0. The van der Waals surface area contributed by atoms with Gasteiger partial charge in [-0.25, -0.2) is 22.5 Å². The van der Waals surface area contributed by atoms with Gasteiger partial charge in [0.05, 0.1) is 10.5 Å². The van der Waals surface area contributed by atoms with Crippen molar-refractivity contribution in [3.8, 4) is 0 Å². The summed E-state index contributed by atoms with van der Waals surface area (Å²) in [5.41, 5.74) is 6.06. The van der Waals surface area contributed by atoms with E-state index in [9.17, 15) is 17.6 Å². The summed E-state index contributed by atoms with van der Waals surface area (Å²) >= 11 is 2.61. The monoisotopic (exact) mass is 470 g/mol. The lowest BCUT2D eigenvalue weighted by molar-refractivity contribution is 0.103. The molecular formula is C19H23FN4O3S3. The molecule has 11 heteroatoms. The van der Waals surface area contributed by atoms with Gasteiger partial charge in [-0.1, -0.05) is 30.9 Å². The highest BCUT2D eigenvalue weighted by Gasteiger charge is 2.21. The van der Waals surface area contributed by atoms with Crippen LogP contribution in [0.4, 0.5) is 21.0 Å². The number of rotatable bonds is 11. The Kier molecular flexibility index (Phi) is 8.59. The fourth-order valence-electron chi connectivity index (χ4n) is 2.28. The number of thioether (sulfide) groups is 1. The first-order valence-corrected chi connectivity index (χ1v) is 12.4. The minimum Gasteiger partial charge on any atom is -0.382 e. The predicted octanol–water partition coefficient (Wildman–Crippen LogP) is 4.11. The van der Waals surface area contributed by atoms with Gasteiger partial charge in [0, 0.05) is 18.0 Å². The zero-order valence-electron chi connectivity index (χ0n) is 16.6. The Labute approximate surface area is 183 Å².